The highest BCUT2D eigenvalue weighted by Crippen LogP contribution is 2.42. The third-order valence-corrected chi connectivity index (χ3v) is 4.18. The van der Waals surface area contributed by atoms with Crippen LogP contribution in [0.4, 0.5) is 0 Å². The van der Waals surface area contributed by atoms with Gasteiger partial charge in [0.05, 0.1) is 16.9 Å². The summed E-state index contributed by atoms with van der Waals surface area (Å²) in [5.41, 5.74) is 6.62. The van der Waals surface area contributed by atoms with Gasteiger partial charge in [-0.1, -0.05) is 0 Å². The van der Waals surface area contributed by atoms with Crippen LogP contribution >= 0.6 is 11.3 Å². The van der Waals surface area contributed by atoms with E-state index in [2.05, 4.69) is 10.3 Å². The average Bonchev–Trinajstić information content (AvgIpc) is 3.12. The van der Waals surface area contributed by atoms with Gasteiger partial charge in [-0.05, 0) is 12.8 Å². The molecule has 3 heterocycles. The molecule has 1 aliphatic carbocycles. The van der Waals surface area contributed by atoms with Crippen molar-refractivity contribution in [2.75, 3.05) is 6.54 Å². The Morgan fingerprint density at radius 2 is 2.22 bits per heavy atom. The molecule has 0 spiro atoms. The molecule has 2 aromatic heterocycles. The van der Waals surface area contributed by atoms with Crippen LogP contribution in [0.15, 0.2) is 10.9 Å². The molecule has 0 saturated heterocycles. The molecule has 2 aliphatic rings. The Kier molecular flexibility index (Phi) is 2.41. The third kappa shape index (κ3) is 1.74. The molecule has 0 atom stereocenters. The van der Waals surface area contributed by atoms with Crippen molar-refractivity contribution in [1.29, 1.82) is 0 Å². The second kappa shape index (κ2) is 4.10. The smallest absolute Gasteiger partial charge is 0.179 e. The fourth-order valence-electron chi connectivity index (χ4n) is 2.50. The van der Waals surface area contributed by atoms with Crippen LogP contribution in [0.2, 0.25) is 0 Å². The van der Waals surface area contributed by atoms with Crippen molar-refractivity contribution in [2.24, 2.45) is 0 Å². The highest BCUT2D eigenvalue weighted by molar-refractivity contribution is 7.07. The average molecular weight is 258 g/mol. The number of fused-ring (bicyclic) bond motifs is 1. The van der Waals surface area contributed by atoms with Gasteiger partial charge in [-0.15, -0.1) is 11.3 Å². The molecular weight excluding hydrogens is 244 g/mol. The number of nitrogens with zero attached hydrogens (tertiary/aromatic N) is 3. The predicted molar refractivity (Wildman–Crippen MR) is 70.5 cm³/mol. The van der Waals surface area contributed by atoms with Crippen LogP contribution in [0, 0.1) is 0 Å². The summed E-state index contributed by atoms with van der Waals surface area (Å²) in [6.07, 6.45) is 3.56. The molecule has 0 bridgehead atoms. The Hall–Kier alpha value is -1.33. The molecule has 0 radical (unpaired) electrons. The van der Waals surface area contributed by atoms with Gasteiger partial charge in [0.15, 0.2) is 5.82 Å². The van der Waals surface area contributed by atoms with E-state index in [1.165, 1.54) is 29.8 Å². The van der Waals surface area contributed by atoms with Crippen LogP contribution in [-0.4, -0.2) is 21.5 Å². The SMILES string of the molecule is c1nc(-c2nc3c(c(C4CC4)n2)CNCC3)cs1. The first-order chi connectivity index (χ1) is 8.92. The van der Waals surface area contributed by atoms with E-state index in [1.54, 1.807) is 11.3 Å². The first-order valence-electron chi connectivity index (χ1n) is 6.41. The molecule has 1 N–H and O–H groups in total. The molecule has 92 valence electrons. The summed E-state index contributed by atoms with van der Waals surface area (Å²) < 4.78 is 0. The van der Waals surface area contributed by atoms with Crippen LogP contribution in [0.25, 0.3) is 11.5 Å². The first kappa shape index (κ1) is 10.6. The van der Waals surface area contributed by atoms with Gasteiger partial charge in [-0.2, -0.15) is 0 Å². The summed E-state index contributed by atoms with van der Waals surface area (Å²) in [4.78, 5) is 13.8. The molecule has 18 heavy (non-hydrogen) atoms. The Bertz CT molecular complexity index is 575. The lowest BCUT2D eigenvalue weighted by molar-refractivity contribution is 0.617. The van der Waals surface area contributed by atoms with Gasteiger partial charge in [0, 0.05) is 36.4 Å². The number of hydrogen-bond acceptors (Lipinski definition) is 5. The van der Waals surface area contributed by atoms with Crippen LogP contribution in [0.1, 0.15) is 35.7 Å². The Morgan fingerprint density at radius 1 is 1.28 bits per heavy atom. The van der Waals surface area contributed by atoms with Crippen molar-refractivity contribution in [3.63, 3.8) is 0 Å². The van der Waals surface area contributed by atoms with E-state index in [-0.39, 0.29) is 0 Å². The molecule has 5 heteroatoms. The van der Waals surface area contributed by atoms with Gasteiger partial charge in [0.2, 0.25) is 0 Å². The molecule has 1 aliphatic heterocycles. The van der Waals surface area contributed by atoms with Crippen molar-refractivity contribution < 1.29 is 0 Å². The molecule has 2 aromatic rings. The van der Waals surface area contributed by atoms with Crippen molar-refractivity contribution in [3.05, 3.63) is 27.8 Å². The predicted octanol–water partition coefficient (Wildman–Crippen LogP) is 2.12. The number of nitrogens with one attached hydrogen (secondary N) is 1. The molecule has 0 aromatic carbocycles. The Labute approximate surface area is 110 Å². The van der Waals surface area contributed by atoms with E-state index in [0.717, 1.165) is 31.0 Å². The maximum absolute atomic E-state index is 4.78. The minimum absolute atomic E-state index is 0.666. The zero-order valence-corrected chi connectivity index (χ0v) is 10.8. The molecule has 1 saturated carbocycles. The number of thiazole rings is 1. The molecule has 0 amide bonds. The van der Waals surface area contributed by atoms with E-state index in [0.29, 0.717) is 5.92 Å². The van der Waals surface area contributed by atoms with Gasteiger partial charge in [0.1, 0.15) is 5.69 Å². The summed E-state index contributed by atoms with van der Waals surface area (Å²) >= 11 is 1.60. The van der Waals surface area contributed by atoms with Crippen molar-refractivity contribution in [3.8, 4) is 11.5 Å². The summed E-state index contributed by atoms with van der Waals surface area (Å²) in [6.45, 7) is 1.95. The van der Waals surface area contributed by atoms with E-state index < -0.39 is 0 Å². The summed E-state index contributed by atoms with van der Waals surface area (Å²) in [7, 11) is 0. The van der Waals surface area contributed by atoms with E-state index in [1.807, 2.05) is 10.9 Å². The van der Waals surface area contributed by atoms with Crippen molar-refractivity contribution in [2.45, 2.75) is 31.7 Å². The van der Waals surface area contributed by atoms with Gasteiger partial charge < -0.3 is 5.32 Å². The maximum Gasteiger partial charge on any atom is 0.179 e. The maximum atomic E-state index is 4.78. The summed E-state index contributed by atoms with van der Waals surface area (Å²) in [6, 6.07) is 0. The first-order valence-corrected chi connectivity index (χ1v) is 7.35. The second-order valence-electron chi connectivity index (χ2n) is 4.93. The topological polar surface area (TPSA) is 50.7 Å². The zero-order chi connectivity index (χ0) is 11.9. The highest BCUT2D eigenvalue weighted by atomic mass is 32.1. The van der Waals surface area contributed by atoms with Crippen LogP contribution < -0.4 is 5.32 Å². The monoisotopic (exact) mass is 258 g/mol. The normalized spacial score (nSPS) is 18.7. The molecule has 4 rings (SSSR count). The van der Waals surface area contributed by atoms with Crippen LogP contribution in [0.3, 0.4) is 0 Å². The number of aromatic nitrogens is 3. The lowest BCUT2D eigenvalue weighted by atomic mass is 10.0. The van der Waals surface area contributed by atoms with Crippen LogP contribution in [0.5, 0.6) is 0 Å². The quantitative estimate of drug-likeness (QED) is 0.896. The van der Waals surface area contributed by atoms with Crippen molar-refractivity contribution >= 4 is 11.3 Å². The van der Waals surface area contributed by atoms with E-state index >= 15 is 0 Å². The lowest BCUT2D eigenvalue weighted by Crippen LogP contribution is -2.26. The summed E-state index contributed by atoms with van der Waals surface area (Å²) in [5.74, 6) is 1.48. The van der Waals surface area contributed by atoms with Crippen LogP contribution in [-0.2, 0) is 13.0 Å². The van der Waals surface area contributed by atoms with Gasteiger partial charge in [-0.25, -0.2) is 15.0 Å². The Balaban J connectivity index is 1.87. The van der Waals surface area contributed by atoms with Gasteiger partial charge in [-0.3, -0.25) is 0 Å². The third-order valence-electron chi connectivity index (χ3n) is 3.59. The van der Waals surface area contributed by atoms with Gasteiger partial charge in [0.25, 0.3) is 0 Å². The van der Waals surface area contributed by atoms with E-state index in [4.69, 9.17) is 9.97 Å². The molecule has 1 fully saturated rings. The Morgan fingerprint density at radius 3 is 3.00 bits per heavy atom. The lowest BCUT2D eigenvalue weighted by Gasteiger charge is -2.19. The second-order valence-corrected chi connectivity index (χ2v) is 5.65. The summed E-state index contributed by atoms with van der Waals surface area (Å²) in [5, 5.41) is 5.45. The fourth-order valence-corrected chi connectivity index (χ4v) is 3.03. The molecular formula is C13H14N4S. The zero-order valence-electron chi connectivity index (χ0n) is 10.0. The van der Waals surface area contributed by atoms with E-state index in [9.17, 15) is 0 Å². The fraction of sp³-hybridized carbons (Fsp3) is 0.462. The molecule has 4 nitrogen and oxygen atoms in total. The number of hydrogen-bond donors (Lipinski definition) is 1. The standard InChI is InChI=1S/C13H14N4S/c1-2-8(1)12-9-5-14-4-3-10(9)16-13(17-12)11-6-18-7-15-11/h6-8,14H,1-5H2. The number of rotatable bonds is 2. The van der Waals surface area contributed by atoms with Crippen molar-refractivity contribution in [1.82, 2.24) is 20.3 Å². The minimum atomic E-state index is 0.666. The molecule has 0 unspecified atom stereocenters. The minimum Gasteiger partial charge on any atom is -0.312 e. The van der Waals surface area contributed by atoms with Gasteiger partial charge >= 0.3 is 0 Å². The largest absolute Gasteiger partial charge is 0.312 e. The highest BCUT2D eigenvalue weighted by Gasteiger charge is 2.30.